The molecule has 0 aromatic carbocycles. The fraction of sp³-hybridized carbons (Fsp3) is 0.545. The van der Waals surface area contributed by atoms with Gasteiger partial charge in [-0.3, -0.25) is 18.9 Å². The highest BCUT2D eigenvalue weighted by Crippen LogP contribution is 2.50. The number of phosphoric ester groups is 1. The van der Waals surface area contributed by atoms with E-state index in [4.69, 9.17) is 34.2 Å². The number of terminal acetylenes is 1. The third-order valence-corrected chi connectivity index (χ3v) is 5.69. The van der Waals surface area contributed by atoms with Gasteiger partial charge in [-0.1, -0.05) is 5.92 Å². The average Bonchev–Trinajstić information content (AvgIpc) is 3.24. The molecule has 210 valence electrons. The largest absolute Gasteiger partial charge is 0.510 e. The Morgan fingerprint density at radius 1 is 1.11 bits per heavy atom. The zero-order valence-electron chi connectivity index (χ0n) is 21.4. The molecule has 0 aliphatic carbocycles. The van der Waals surface area contributed by atoms with Crippen molar-refractivity contribution in [3.8, 4) is 12.3 Å². The average molecular weight is 560 g/mol. The fourth-order valence-corrected chi connectivity index (χ4v) is 3.62. The van der Waals surface area contributed by atoms with Crippen molar-refractivity contribution in [1.82, 2.24) is 9.55 Å². The van der Waals surface area contributed by atoms with Gasteiger partial charge in [0.05, 0.1) is 12.2 Å². The van der Waals surface area contributed by atoms with Crippen molar-refractivity contribution in [2.24, 2.45) is 0 Å². The van der Waals surface area contributed by atoms with Gasteiger partial charge in [0.1, 0.15) is 6.61 Å². The lowest BCUT2D eigenvalue weighted by molar-refractivity contribution is -0.0703. The molecule has 0 amide bonds. The molecule has 2 rings (SSSR count). The summed E-state index contributed by atoms with van der Waals surface area (Å²) in [5.74, 6) is 2.32. The summed E-state index contributed by atoms with van der Waals surface area (Å²) in [6.07, 6.45) is 5.42. The van der Waals surface area contributed by atoms with Gasteiger partial charge in [0.15, 0.2) is 11.8 Å². The molecule has 38 heavy (non-hydrogen) atoms. The van der Waals surface area contributed by atoms with Crippen LogP contribution in [0.1, 0.15) is 39.5 Å². The minimum atomic E-state index is -4.62. The Bertz CT molecular complexity index is 1200. The summed E-state index contributed by atoms with van der Waals surface area (Å²) >= 11 is 0. The minimum Gasteiger partial charge on any atom is -0.432 e. The van der Waals surface area contributed by atoms with Crippen LogP contribution in [0, 0.1) is 19.3 Å². The highest BCUT2D eigenvalue weighted by Gasteiger charge is 2.40. The Balaban J connectivity index is 2.10. The summed E-state index contributed by atoms with van der Waals surface area (Å²) in [4.78, 5) is 49.1. The number of ether oxygens (including phenoxy) is 5. The third-order valence-electron chi connectivity index (χ3n) is 4.40. The predicted octanol–water partition coefficient (Wildman–Crippen LogP) is 2.50. The highest BCUT2D eigenvalue weighted by atomic mass is 31.2. The lowest BCUT2D eigenvalue weighted by Crippen LogP contribution is -2.37. The number of hydrogen-bond donors (Lipinski definition) is 1. The Morgan fingerprint density at radius 3 is 2.16 bits per heavy atom. The molecule has 0 saturated heterocycles. The molecule has 1 N–H and O–H groups in total. The number of rotatable bonds is 12. The summed E-state index contributed by atoms with van der Waals surface area (Å²) < 4.78 is 54.0. The van der Waals surface area contributed by atoms with Crippen molar-refractivity contribution in [3.05, 3.63) is 44.8 Å². The van der Waals surface area contributed by atoms with E-state index in [9.17, 15) is 23.7 Å². The SMILES string of the molecule is C#C[C@@]1(COP(=O)(OCOC(=O)OC(C)C)OCOC(=O)OC(C)C)C=C[C@H](n2cc(C)c(=O)[nH]c2=O)O1. The van der Waals surface area contributed by atoms with Gasteiger partial charge in [-0.05, 0) is 46.8 Å². The second kappa shape index (κ2) is 13.4. The van der Waals surface area contributed by atoms with Crippen LogP contribution in [0.15, 0.2) is 27.9 Å². The Kier molecular flexibility index (Phi) is 10.9. The molecule has 0 unspecified atom stereocenters. The van der Waals surface area contributed by atoms with E-state index in [-0.39, 0.29) is 5.56 Å². The first-order valence-corrected chi connectivity index (χ1v) is 12.6. The molecule has 15 nitrogen and oxygen atoms in total. The second-order valence-electron chi connectivity index (χ2n) is 8.22. The van der Waals surface area contributed by atoms with Gasteiger partial charge >= 0.3 is 25.8 Å². The first-order valence-electron chi connectivity index (χ1n) is 11.2. The minimum absolute atomic E-state index is 0.245. The molecular formula is C22H29N2O13P. The van der Waals surface area contributed by atoms with Crippen LogP contribution in [0.25, 0.3) is 0 Å². The van der Waals surface area contributed by atoms with Crippen molar-refractivity contribution >= 4 is 20.1 Å². The lowest BCUT2D eigenvalue weighted by atomic mass is 10.1. The van der Waals surface area contributed by atoms with Crippen molar-refractivity contribution in [3.63, 3.8) is 0 Å². The van der Waals surface area contributed by atoms with E-state index >= 15 is 0 Å². The molecule has 16 heteroatoms. The van der Waals surface area contributed by atoms with Crippen molar-refractivity contribution in [2.45, 2.75) is 58.7 Å². The summed E-state index contributed by atoms with van der Waals surface area (Å²) in [5, 5.41) is 0. The van der Waals surface area contributed by atoms with Crippen LogP contribution in [0.5, 0.6) is 0 Å². The summed E-state index contributed by atoms with van der Waals surface area (Å²) in [6, 6.07) is 0. The number of H-pyrrole nitrogens is 1. The molecule has 1 aromatic heterocycles. The first kappa shape index (κ1) is 30.8. The van der Waals surface area contributed by atoms with Crippen LogP contribution >= 0.6 is 7.82 Å². The van der Waals surface area contributed by atoms with Gasteiger partial charge in [0.25, 0.3) is 5.56 Å². The van der Waals surface area contributed by atoms with Crippen LogP contribution in [0.2, 0.25) is 0 Å². The van der Waals surface area contributed by atoms with Crippen LogP contribution in [-0.2, 0) is 41.8 Å². The molecule has 2 heterocycles. The molecule has 0 bridgehead atoms. The molecule has 0 fully saturated rings. The monoisotopic (exact) mass is 560 g/mol. The van der Waals surface area contributed by atoms with E-state index in [0.717, 1.165) is 4.57 Å². The summed E-state index contributed by atoms with van der Waals surface area (Å²) in [6.45, 7) is 5.33. The fourth-order valence-electron chi connectivity index (χ4n) is 2.68. The van der Waals surface area contributed by atoms with Gasteiger partial charge in [-0.15, -0.1) is 6.42 Å². The molecule has 1 aromatic rings. The maximum absolute atomic E-state index is 13.1. The second-order valence-corrected chi connectivity index (χ2v) is 9.89. The predicted molar refractivity (Wildman–Crippen MR) is 128 cm³/mol. The third kappa shape index (κ3) is 9.16. The van der Waals surface area contributed by atoms with E-state index in [1.807, 2.05) is 0 Å². The quantitative estimate of drug-likeness (QED) is 0.130. The maximum Gasteiger partial charge on any atom is 0.510 e. The molecule has 0 radical (unpaired) electrons. The number of aromatic amines is 1. The van der Waals surface area contributed by atoms with E-state index in [2.05, 4.69) is 20.4 Å². The van der Waals surface area contributed by atoms with E-state index in [0.29, 0.717) is 0 Å². The zero-order chi connectivity index (χ0) is 28.5. The number of nitrogens with zero attached hydrogens (tertiary/aromatic N) is 1. The van der Waals surface area contributed by atoms with Crippen LogP contribution in [0.4, 0.5) is 9.59 Å². The molecule has 1 aliphatic heterocycles. The maximum atomic E-state index is 13.1. The zero-order valence-corrected chi connectivity index (χ0v) is 22.3. The van der Waals surface area contributed by atoms with Crippen molar-refractivity contribution < 1.29 is 51.4 Å². The van der Waals surface area contributed by atoms with Gasteiger partial charge in [-0.2, -0.15) is 0 Å². The number of carbonyl (C=O) groups is 2. The Morgan fingerprint density at radius 2 is 1.66 bits per heavy atom. The van der Waals surface area contributed by atoms with Crippen molar-refractivity contribution in [2.75, 3.05) is 20.2 Å². The number of nitrogens with one attached hydrogen (secondary N) is 1. The van der Waals surface area contributed by atoms with Crippen LogP contribution in [0.3, 0.4) is 0 Å². The number of carbonyl (C=O) groups excluding carboxylic acids is 2. The van der Waals surface area contributed by atoms with E-state index in [1.165, 1.54) is 25.3 Å². The van der Waals surface area contributed by atoms with Gasteiger partial charge in [0, 0.05) is 11.8 Å². The Hall–Kier alpha value is -3.41. The molecule has 1 aliphatic rings. The van der Waals surface area contributed by atoms with Crippen molar-refractivity contribution in [1.29, 1.82) is 0 Å². The highest BCUT2D eigenvalue weighted by molar-refractivity contribution is 7.48. The van der Waals surface area contributed by atoms with E-state index < -0.39 is 75.6 Å². The molecular weight excluding hydrogens is 531 g/mol. The summed E-state index contributed by atoms with van der Waals surface area (Å²) in [5.41, 5.74) is -2.73. The first-order chi connectivity index (χ1) is 17.8. The topological polar surface area (TPSA) is 180 Å². The smallest absolute Gasteiger partial charge is 0.432 e. The molecule has 0 spiro atoms. The van der Waals surface area contributed by atoms with Gasteiger partial charge in [0.2, 0.25) is 13.6 Å². The lowest BCUT2D eigenvalue weighted by Gasteiger charge is -2.26. The standard InChI is InChI=1S/C22H29N2O13P/c1-7-22(9-8-17(37-22)24-10-16(6)18(25)23-19(24)26)11-32-38(29,33-12-30-20(27)35-14(2)3)34-13-31-21(28)36-15(4)5/h1,8-10,14-15,17H,11-13H2,2-6H3,(H,23,25,26)/t17-,22+/m1/s1. The molecule has 2 atom stereocenters. The number of aryl methyl sites for hydroxylation is 1. The number of hydrogen-bond acceptors (Lipinski definition) is 13. The van der Waals surface area contributed by atoms with Crippen LogP contribution in [-0.4, -0.2) is 59.9 Å². The van der Waals surface area contributed by atoms with Crippen LogP contribution < -0.4 is 11.2 Å². The van der Waals surface area contributed by atoms with Gasteiger partial charge < -0.3 is 23.7 Å². The normalized spacial score (nSPS) is 18.8. The van der Waals surface area contributed by atoms with Gasteiger partial charge in [-0.25, -0.2) is 28.0 Å². The van der Waals surface area contributed by atoms with E-state index in [1.54, 1.807) is 27.7 Å². The summed E-state index contributed by atoms with van der Waals surface area (Å²) in [7, 11) is -4.62. The number of aromatic nitrogens is 2. The molecule has 0 saturated carbocycles. The Labute approximate surface area is 217 Å². The number of phosphoric acid groups is 1.